The minimum absolute atomic E-state index is 0.637. The maximum atomic E-state index is 7.65. The third-order valence-electron chi connectivity index (χ3n) is 9.77. The van der Waals surface area contributed by atoms with Gasteiger partial charge in [-0.25, -0.2) is 0 Å². The van der Waals surface area contributed by atoms with Gasteiger partial charge in [0.1, 0.15) is 0 Å². The van der Waals surface area contributed by atoms with Crippen LogP contribution in [0.15, 0.2) is 0 Å². The van der Waals surface area contributed by atoms with Crippen molar-refractivity contribution >= 4 is 60.7 Å². The summed E-state index contributed by atoms with van der Waals surface area (Å²) in [4.78, 5) is 0. The molecule has 4 unspecified atom stereocenters. The van der Waals surface area contributed by atoms with E-state index in [-0.39, 0.29) is 0 Å². The molecule has 0 aromatic heterocycles. The molecule has 1 saturated heterocycles. The fraction of sp³-hybridized carbons (Fsp3) is 1.00. The summed E-state index contributed by atoms with van der Waals surface area (Å²) in [5, 5.41) is 0. The summed E-state index contributed by atoms with van der Waals surface area (Å²) in [7, 11) is -5.25. The normalized spacial score (nSPS) is 26.7. The van der Waals surface area contributed by atoms with Crippen molar-refractivity contribution in [3.8, 4) is 0 Å². The summed E-state index contributed by atoms with van der Waals surface area (Å²) < 4.78 is 88.1. The van der Waals surface area contributed by atoms with Crippen LogP contribution in [0.5, 0.6) is 0 Å². The highest BCUT2D eigenvalue weighted by atomic mass is 28.5. The van der Waals surface area contributed by atoms with Crippen molar-refractivity contribution in [1.82, 2.24) is 0 Å². The van der Waals surface area contributed by atoms with E-state index in [4.69, 9.17) is 61.0 Å². The highest BCUT2D eigenvalue weighted by Crippen LogP contribution is 2.42. The Balaban J connectivity index is 3.73. The van der Waals surface area contributed by atoms with Crippen LogP contribution in [-0.2, 0) is 61.0 Å². The quantitative estimate of drug-likeness (QED) is 0.0581. The Hall–Kier alpha value is 0.958. The summed E-state index contributed by atoms with van der Waals surface area (Å²) in [5.41, 5.74) is 0. The van der Waals surface area contributed by atoms with E-state index >= 15 is 0 Å². The molecular weight excluding hydrogens is 781 g/mol. The molecule has 1 fully saturated rings. The van der Waals surface area contributed by atoms with E-state index in [0.717, 1.165) is 62.7 Å². The van der Waals surface area contributed by atoms with Crippen molar-refractivity contribution < 1.29 is 61.0 Å². The predicted octanol–water partition coefficient (Wildman–Crippen LogP) is 6.76. The van der Waals surface area contributed by atoms with Gasteiger partial charge < -0.3 is 61.0 Å². The molecule has 0 bridgehead atoms. The van der Waals surface area contributed by atoms with Crippen molar-refractivity contribution in [3.63, 3.8) is 0 Å². The molecule has 1 aliphatic rings. The summed E-state index contributed by atoms with van der Waals surface area (Å²) in [6.07, 6.45) is 5.16. The minimum Gasteiger partial charge on any atom is -0.416 e. The maximum absolute atomic E-state index is 7.65. The van der Waals surface area contributed by atoms with Crippen LogP contribution in [0.3, 0.4) is 0 Å². The largest absolute Gasteiger partial charge is 0.500 e. The van der Waals surface area contributed by atoms with E-state index in [2.05, 4.69) is 26.6 Å². The number of unbranched alkanes of at least 4 members (excludes halogenated alkanes) is 1. The molecule has 0 amide bonds. The lowest BCUT2D eigenvalue weighted by Crippen LogP contribution is -2.68. The van der Waals surface area contributed by atoms with E-state index < -0.39 is 60.7 Å². The lowest BCUT2D eigenvalue weighted by molar-refractivity contribution is 0.122. The van der Waals surface area contributed by atoms with Crippen LogP contribution >= 0.6 is 0 Å². The van der Waals surface area contributed by atoms with Gasteiger partial charge in [-0.2, -0.15) is 0 Å². The second kappa shape index (κ2) is 23.9. The SMILES string of the molecule is CCCC[Si]1(C)O[Si](C)(CCC[Si](OC)(OC)OC)O[Si](C)(CCC[Si](OC)(OC)OC)O[Si](CCCOCC)(CCC[Si](OC)(OC)OC)O1. The van der Waals surface area contributed by atoms with Crippen LogP contribution in [0.2, 0.25) is 68.0 Å². The van der Waals surface area contributed by atoms with Crippen LogP contribution in [-0.4, -0.2) is 138 Å². The van der Waals surface area contributed by atoms with Crippen LogP contribution in [0.1, 0.15) is 52.4 Å². The van der Waals surface area contributed by atoms with Gasteiger partial charge in [0.05, 0.1) is 0 Å². The fourth-order valence-corrected chi connectivity index (χ4v) is 37.4. The monoisotopic (exact) mass is 854 g/mol. The summed E-state index contributed by atoms with van der Waals surface area (Å²) >= 11 is 0. The molecule has 1 aliphatic heterocycles. The smallest absolute Gasteiger partial charge is 0.416 e. The van der Waals surface area contributed by atoms with Crippen LogP contribution < -0.4 is 0 Å². The average Bonchev–Trinajstić information content (AvgIpc) is 3.11. The van der Waals surface area contributed by atoms with Crippen LogP contribution in [0.4, 0.5) is 0 Å². The van der Waals surface area contributed by atoms with Gasteiger partial charge in [0.15, 0.2) is 0 Å². The van der Waals surface area contributed by atoms with Gasteiger partial charge in [-0.15, -0.1) is 0 Å². The highest BCUT2D eigenvalue weighted by Gasteiger charge is 2.58. The lowest BCUT2D eigenvalue weighted by Gasteiger charge is -2.51. The van der Waals surface area contributed by atoms with Crippen molar-refractivity contribution in [3.05, 3.63) is 0 Å². The van der Waals surface area contributed by atoms with Crippen molar-refractivity contribution in [2.75, 3.05) is 77.2 Å². The lowest BCUT2D eigenvalue weighted by atomic mass is 10.4. The first-order valence-corrected chi connectivity index (χ1v) is 34.1. The zero-order chi connectivity index (χ0) is 38.7. The predicted molar refractivity (Wildman–Crippen MR) is 214 cm³/mol. The standard InChI is InChI=1S/C30H74O14Si7/c1-15-17-23-46(13)41-45(12,24-19-28-49(31-3,32-4)33-5)42-47(14,25-20-29-50(34-6,35-7)36-8)44-48(43-46,26-18-22-40-16-2)27-21-30-51(37-9,38-10)39-11/h15-30H2,1-14H3. The van der Waals surface area contributed by atoms with E-state index in [1.165, 1.54) is 0 Å². The average molecular weight is 856 g/mol. The molecule has 0 saturated carbocycles. The maximum Gasteiger partial charge on any atom is 0.500 e. The number of hydrogen-bond donors (Lipinski definition) is 0. The Morgan fingerprint density at radius 2 is 0.725 bits per heavy atom. The topological polar surface area (TPSA) is 129 Å². The number of ether oxygens (including phenoxy) is 1. The second-order valence-electron chi connectivity index (χ2n) is 13.6. The molecule has 21 heteroatoms. The van der Waals surface area contributed by atoms with E-state index in [9.17, 15) is 0 Å². The summed E-state index contributed by atoms with van der Waals surface area (Å²) in [5.74, 6) is 0. The molecule has 0 radical (unpaired) electrons. The molecule has 51 heavy (non-hydrogen) atoms. The Bertz CT molecular complexity index is 915. The van der Waals surface area contributed by atoms with E-state index in [1.807, 2.05) is 6.92 Å². The van der Waals surface area contributed by atoms with Crippen LogP contribution in [0, 0.1) is 0 Å². The van der Waals surface area contributed by atoms with Gasteiger partial charge in [-0.1, -0.05) is 19.8 Å². The van der Waals surface area contributed by atoms with E-state index in [1.54, 1.807) is 64.0 Å². The summed E-state index contributed by atoms with van der Waals surface area (Å²) in [6.45, 7) is 12.1. The van der Waals surface area contributed by atoms with Gasteiger partial charge in [0.2, 0.25) is 0 Å². The first-order chi connectivity index (χ1) is 24.1. The summed E-state index contributed by atoms with van der Waals surface area (Å²) in [6, 6.07) is 5.76. The van der Waals surface area contributed by atoms with Crippen molar-refractivity contribution in [2.45, 2.75) is 120 Å². The zero-order valence-electron chi connectivity index (χ0n) is 34.5. The molecule has 1 rings (SSSR count). The Morgan fingerprint density at radius 3 is 1.06 bits per heavy atom. The van der Waals surface area contributed by atoms with Gasteiger partial charge in [0.25, 0.3) is 0 Å². The van der Waals surface area contributed by atoms with Crippen molar-refractivity contribution in [2.24, 2.45) is 0 Å². The number of rotatable bonds is 29. The molecule has 0 aromatic carbocycles. The van der Waals surface area contributed by atoms with Gasteiger partial charge in [0, 0.05) is 95.3 Å². The molecule has 306 valence electrons. The second-order valence-corrected chi connectivity index (χ2v) is 37.2. The Kier molecular flexibility index (Phi) is 23.4. The third kappa shape index (κ3) is 15.8. The molecule has 0 aromatic rings. The first-order valence-electron chi connectivity index (χ1n) is 18.5. The van der Waals surface area contributed by atoms with Crippen LogP contribution in [0.25, 0.3) is 0 Å². The van der Waals surface area contributed by atoms with E-state index in [0.29, 0.717) is 37.4 Å². The van der Waals surface area contributed by atoms with Crippen molar-refractivity contribution in [1.29, 1.82) is 0 Å². The fourth-order valence-electron chi connectivity index (χ4n) is 7.00. The van der Waals surface area contributed by atoms with Gasteiger partial charge in [-0.05, 0) is 82.5 Å². The first kappa shape index (κ1) is 50.0. The minimum atomic E-state index is -3.00. The Morgan fingerprint density at radius 1 is 0.412 bits per heavy atom. The molecule has 4 atom stereocenters. The number of hydrogen-bond acceptors (Lipinski definition) is 14. The molecule has 0 aliphatic carbocycles. The van der Waals surface area contributed by atoms with Gasteiger partial charge in [-0.3, -0.25) is 0 Å². The molecular formula is C30H74O14Si7. The molecule has 0 N–H and O–H groups in total. The Labute approximate surface area is 318 Å². The zero-order valence-corrected chi connectivity index (χ0v) is 41.5. The molecule has 0 spiro atoms. The van der Waals surface area contributed by atoms with Gasteiger partial charge >= 0.3 is 60.7 Å². The molecule has 1 heterocycles. The third-order valence-corrected chi connectivity index (χ3v) is 37.6. The highest BCUT2D eigenvalue weighted by molar-refractivity contribution is 6.94. The molecule has 14 nitrogen and oxygen atoms in total.